The number of rotatable bonds is 7. The molecule has 5 nitrogen and oxygen atoms in total. The highest BCUT2D eigenvalue weighted by Gasteiger charge is 2.29. The molecule has 1 N–H and O–H groups in total. The molecule has 3 rings (SSSR count). The van der Waals surface area contributed by atoms with Gasteiger partial charge in [0.1, 0.15) is 6.61 Å². The van der Waals surface area contributed by atoms with Crippen LogP contribution in [0.5, 0.6) is 0 Å². The lowest BCUT2D eigenvalue weighted by Crippen LogP contribution is -2.13. The Labute approximate surface area is 130 Å². The normalized spacial score (nSPS) is 20.6. The fraction of sp³-hybridized carbons (Fsp3) is 0.867. The lowest BCUT2D eigenvalue weighted by molar-refractivity contribution is 0.0542. The maximum absolute atomic E-state index is 9.32. The third-order valence-corrected chi connectivity index (χ3v) is 5.17. The minimum absolute atomic E-state index is 0.0252. The van der Waals surface area contributed by atoms with Crippen LogP contribution in [0.3, 0.4) is 0 Å². The van der Waals surface area contributed by atoms with E-state index in [9.17, 15) is 5.11 Å². The smallest absolute Gasteiger partial charge is 0.191 e. The van der Waals surface area contributed by atoms with Crippen molar-refractivity contribution in [1.29, 1.82) is 0 Å². The number of aliphatic hydroxyl groups excluding tert-OH is 1. The van der Waals surface area contributed by atoms with E-state index in [4.69, 9.17) is 4.74 Å². The third-order valence-electron chi connectivity index (χ3n) is 4.26. The van der Waals surface area contributed by atoms with E-state index in [-0.39, 0.29) is 6.61 Å². The van der Waals surface area contributed by atoms with Gasteiger partial charge in [-0.3, -0.25) is 0 Å². The summed E-state index contributed by atoms with van der Waals surface area (Å²) >= 11 is 1.70. The maximum Gasteiger partial charge on any atom is 0.191 e. The monoisotopic (exact) mass is 311 g/mol. The summed E-state index contributed by atoms with van der Waals surface area (Å²) in [6.45, 7) is 0.754. The highest BCUT2D eigenvalue weighted by Crippen LogP contribution is 2.38. The zero-order valence-electron chi connectivity index (χ0n) is 12.5. The van der Waals surface area contributed by atoms with Crippen LogP contribution in [0.2, 0.25) is 0 Å². The van der Waals surface area contributed by atoms with Crippen molar-refractivity contribution in [1.82, 2.24) is 14.8 Å². The first kappa shape index (κ1) is 15.3. The minimum atomic E-state index is -0.0252. The molecule has 0 aliphatic heterocycles. The molecule has 21 heavy (non-hydrogen) atoms. The van der Waals surface area contributed by atoms with Gasteiger partial charge in [0, 0.05) is 11.8 Å². The Hall–Kier alpha value is -0.590. The lowest BCUT2D eigenvalue weighted by Gasteiger charge is -2.15. The molecule has 1 aromatic rings. The molecule has 0 atom stereocenters. The van der Waals surface area contributed by atoms with Gasteiger partial charge in [0.2, 0.25) is 0 Å². The molecule has 6 heteroatoms. The topological polar surface area (TPSA) is 60.2 Å². The molecular formula is C15H25N3O2S. The third kappa shape index (κ3) is 4.20. The summed E-state index contributed by atoms with van der Waals surface area (Å²) < 4.78 is 8.11. The number of thioether (sulfide) groups is 1. The van der Waals surface area contributed by atoms with Crippen molar-refractivity contribution in [2.75, 3.05) is 12.4 Å². The Morgan fingerprint density at radius 3 is 2.52 bits per heavy atom. The van der Waals surface area contributed by atoms with Crippen LogP contribution in [0.25, 0.3) is 0 Å². The first-order valence-electron chi connectivity index (χ1n) is 8.17. The van der Waals surface area contributed by atoms with Crippen LogP contribution in [-0.4, -0.2) is 38.3 Å². The van der Waals surface area contributed by atoms with Crippen LogP contribution < -0.4 is 0 Å². The summed E-state index contributed by atoms with van der Waals surface area (Å²) in [6, 6.07) is 0.507. The highest BCUT2D eigenvalue weighted by atomic mass is 32.2. The van der Waals surface area contributed by atoms with Gasteiger partial charge in [-0.1, -0.05) is 37.4 Å². The van der Waals surface area contributed by atoms with Gasteiger partial charge in [-0.05, 0) is 25.7 Å². The summed E-state index contributed by atoms with van der Waals surface area (Å²) in [7, 11) is 0. The van der Waals surface area contributed by atoms with E-state index >= 15 is 0 Å². The molecule has 0 amide bonds. The van der Waals surface area contributed by atoms with Crippen LogP contribution in [0.1, 0.15) is 63.2 Å². The molecule has 0 saturated heterocycles. The average Bonchev–Trinajstić information content (AvgIpc) is 3.30. The van der Waals surface area contributed by atoms with Crippen molar-refractivity contribution in [3.8, 4) is 0 Å². The van der Waals surface area contributed by atoms with Gasteiger partial charge in [0.15, 0.2) is 11.0 Å². The van der Waals surface area contributed by atoms with E-state index in [1.54, 1.807) is 11.8 Å². The molecule has 0 bridgehead atoms. The molecule has 2 fully saturated rings. The quantitative estimate of drug-likeness (QED) is 0.476. The molecule has 2 saturated carbocycles. The fourth-order valence-corrected chi connectivity index (χ4v) is 3.82. The second-order valence-corrected chi connectivity index (χ2v) is 7.05. The second-order valence-electron chi connectivity index (χ2n) is 5.99. The van der Waals surface area contributed by atoms with Crippen molar-refractivity contribution in [2.45, 2.75) is 75.3 Å². The molecule has 1 heterocycles. The minimum Gasteiger partial charge on any atom is -0.388 e. The van der Waals surface area contributed by atoms with Crippen LogP contribution >= 0.6 is 11.8 Å². The average molecular weight is 311 g/mol. The fourth-order valence-electron chi connectivity index (χ4n) is 2.97. The number of nitrogens with zero attached hydrogens (tertiary/aromatic N) is 3. The van der Waals surface area contributed by atoms with E-state index in [1.165, 1.54) is 51.4 Å². The van der Waals surface area contributed by atoms with Gasteiger partial charge in [-0.15, -0.1) is 10.2 Å². The van der Waals surface area contributed by atoms with Gasteiger partial charge in [-0.25, -0.2) is 0 Å². The van der Waals surface area contributed by atoms with Crippen molar-refractivity contribution in [2.24, 2.45) is 0 Å². The highest BCUT2D eigenvalue weighted by molar-refractivity contribution is 7.99. The maximum atomic E-state index is 9.32. The number of hydrogen-bond donors (Lipinski definition) is 1. The van der Waals surface area contributed by atoms with Gasteiger partial charge < -0.3 is 14.4 Å². The van der Waals surface area contributed by atoms with Gasteiger partial charge in [-0.2, -0.15) is 0 Å². The summed E-state index contributed by atoms with van der Waals surface area (Å²) in [5, 5.41) is 18.5. The predicted molar refractivity (Wildman–Crippen MR) is 82.4 cm³/mol. The number of hydrogen-bond acceptors (Lipinski definition) is 5. The zero-order valence-corrected chi connectivity index (χ0v) is 13.4. The first-order valence-corrected chi connectivity index (χ1v) is 9.16. The van der Waals surface area contributed by atoms with E-state index in [0.717, 1.165) is 17.5 Å². The van der Waals surface area contributed by atoms with Crippen molar-refractivity contribution >= 4 is 11.8 Å². The largest absolute Gasteiger partial charge is 0.388 e. The van der Waals surface area contributed by atoms with Crippen LogP contribution in [-0.2, 0) is 11.3 Å². The van der Waals surface area contributed by atoms with Gasteiger partial charge >= 0.3 is 0 Å². The van der Waals surface area contributed by atoms with E-state index in [1.807, 2.05) is 0 Å². The summed E-state index contributed by atoms with van der Waals surface area (Å²) in [5.74, 6) is 1.61. The summed E-state index contributed by atoms with van der Waals surface area (Å²) in [6.07, 6.45) is 10.6. The van der Waals surface area contributed by atoms with Crippen LogP contribution in [0.15, 0.2) is 5.16 Å². The predicted octanol–water partition coefficient (Wildman–Crippen LogP) is 2.94. The molecule has 0 aromatic carbocycles. The molecule has 0 radical (unpaired) electrons. The molecular weight excluding hydrogens is 286 g/mol. The van der Waals surface area contributed by atoms with E-state index < -0.39 is 0 Å². The Morgan fingerprint density at radius 2 is 1.86 bits per heavy atom. The van der Waals surface area contributed by atoms with Crippen LogP contribution in [0.4, 0.5) is 0 Å². The number of aliphatic hydroxyl groups is 1. The Morgan fingerprint density at radius 1 is 1.10 bits per heavy atom. The summed E-state index contributed by atoms with van der Waals surface area (Å²) in [5.41, 5.74) is 0. The lowest BCUT2D eigenvalue weighted by atomic mass is 10.1. The van der Waals surface area contributed by atoms with Crippen LogP contribution in [0, 0.1) is 0 Å². The Balaban J connectivity index is 1.44. The molecule has 0 spiro atoms. The molecule has 2 aliphatic carbocycles. The zero-order chi connectivity index (χ0) is 14.5. The Kier molecular flexibility index (Phi) is 5.55. The molecule has 0 unspecified atom stereocenters. The number of aromatic nitrogens is 3. The van der Waals surface area contributed by atoms with E-state index in [2.05, 4.69) is 14.8 Å². The van der Waals surface area contributed by atoms with Gasteiger partial charge in [0.25, 0.3) is 0 Å². The van der Waals surface area contributed by atoms with Crippen molar-refractivity contribution < 1.29 is 9.84 Å². The molecule has 1 aromatic heterocycles. The van der Waals surface area contributed by atoms with Gasteiger partial charge in [0.05, 0.1) is 12.7 Å². The Bertz CT molecular complexity index is 440. The SMILES string of the molecule is OCc1nnc(SCCOC2CCCCCC2)n1C1CC1. The standard InChI is InChI=1S/C15H25N3O2S/c19-11-14-16-17-15(18(14)12-7-8-12)21-10-9-20-13-5-3-1-2-4-6-13/h12-13,19H,1-11H2. The summed E-state index contributed by atoms with van der Waals surface area (Å²) in [4.78, 5) is 0. The second kappa shape index (κ2) is 7.61. The van der Waals surface area contributed by atoms with E-state index in [0.29, 0.717) is 18.0 Å². The van der Waals surface area contributed by atoms with Crippen molar-refractivity contribution in [3.05, 3.63) is 5.82 Å². The van der Waals surface area contributed by atoms with Crippen molar-refractivity contribution in [3.63, 3.8) is 0 Å². The first-order chi connectivity index (χ1) is 10.4. The number of ether oxygens (including phenoxy) is 1. The molecule has 2 aliphatic rings. The molecule has 118 valence electrons.